The molecule has 12 aromatic carbocycles. The van der Waals surface area contributed by atoms with E-state index in [4.69, 9.17) is 9.97 Å². The second-order valence-corrected chi connectivity index (χ2v) is 19.5. The molecule has 0 saturated heterocycles. The van der Waals surface area contributed by atoms with Crippen LogP contribution >= 0.6 is 11.3 Å². The van der Waals surface area contributed by atoms with Crippen LogP contribution in [0.2, 0.25) is 0 Å². The van der Waals surface area contributed by atoms with Crippen molar-refractivity contribution < 1.29 is 0 Å². The van der Waals surface area contributed by atoms with Crippen LogP contribution in [0.3, 0.4) is 0 Å². The van der Waals surface area contributed by atoms with Crippen molar-refractivity contribution in [3.8, 4) is 78.4 Å². The lowest BCUT2D eigenvalue weighted by Crippen LogP contribution is -1.96. The average Bonchev–Trinajstić information content (AvgIpc) is 3.84. The van der Waals surface area contributed by atoms with Crippen LogP contribution in [0.4, 0.5) is 0 Å². The van der Waals surface area contributed by atoms with E-state index in [1.807, 2.05) is 29.5 Å². The molecular weight excluding hydrogens is 877 g/mol. The number of rotatable bonds is 7. The Balaban J connectivity index is 0.815. The second kappa shape index (κ2) is 16.9. The number of hydrogen-bond donors (Lipinski definition) is 0. The molecule has 0 amide bonds. The van der Waals surface area contributed by atoms with Crippen LogP contribution in [-0.2, 0) is 0 Å². The van der Waals surface area contributed by atoms with E-state index < -0.39 is 0 Å². The average molecular weight is 919 g/mol. The highest BCUT2D eigenvalue weighted by atomic mass is 32.1. The summed E-state index contributed by atoms with van der Waals surface area (Å²) in [4.78, 5) is 10.3. The molecule has 71 heavy (non-hydrogen) atoms. The maximum absolute atomic E-state index is 5.16. The van der Waals surface area contributed by atoms with Gasteiger partial charge in [0.15, 0.2) is 5.82 Å². The molecule has 14 aromatic rings. The Morgan fingerprint density at radius 1 is 0.268 bits per heavy atom. The molecule has 0 saturated carbocycles. The molecule has 14 rings (SSSR count). The van der Waals surface area contributed by atoms with E-state index in [9.17, 15) is 0 Å². The van der Waals surface area contributed by atoms with Crippen molar-refractivity contribution in [3.63, 3.8) is 0 Å². The Bertz CT molecular complexity index is 4360. The van der Waals surface area contributed by atoms with E-state index in [0.717, 1.165) is 33.6 Å². The standard InChI is InChI=1S/C68H42N2S/c1-3-15-48(16-4-1)64-57-21-9-10-22-58(57)65(66-54-19-8-7-14-44(54)38-39-60(64)66)53-37-36-51-40-50(34-35-52(51)41-53)43-26-30-46(31-27-43)61-42-62(70-68(69-61)49-17-5-2-6-18-49)47-32-28-45(29-33-47)55-23-13-24-59-56-20-11-12-25-63(56)71-67(55)59/h1-42H. The largest absolute Gasteiger partial charge is 0.228 e. The van der Waals surface area contributed by atoms with Gasteiger partial charge in [-0.3, -0.25) is 0 Å². The Morgan fingerprint density at radius 2 is 0.789 bits per heavy atom. The fourth-order valence-electron chi connectivity index (χ4n) is 10.8. The van der Waals surface area contributed by atoms with Crippen LogP contribution in [0.25, 0.3) is 142 Å². The zero-order chi connectivity index (χ0) is 46.8. The van der Waals surface area contributed by atoms with Gasteiger partial charge in [-0.2, -0.15) is 0 Å². The van der Waals surface area contributed by atoms with Gasteiger partial charge >= 0.3 is 0 Å². The molecule has 2 nitrogen and oxygen atoms in total. The minimum Gasteiger partial charge on any atom is -0.228 e. The predicted molar refractivity (Wildman–Crippen MR) is 303 cm³/mol. The van der Waals surface area contributed by atoms with Gasteiger partial charge < -0.3 is 0 Å². The Labute approximate surface area is 415 Å². The second-order valence-electron chi connectivity index (χ2n) is 18.4. The molecule has 0 atom stereocenters. The summed E-state index contributed by atoms with van der Waals surface area (Å²) in [6.07, 6.45) is 0. The van der Waals surface area contributed by atoms with Gasteiger partial charge in [-0.15, -0.1) is 11.3 Å². The Kier molecular flexibility index (Phi) is 9.75. The first-order valence-electron chi connectivity index (χ1n) is 24.2. The highest BCUT2D eigenvalue weighted by Gasteiger charge is 2.20. The van der Waals surface area contributed by atoms with E-state index in [1.54, 1.807) is 0 Å². The van der Waals surface area contributed by atoms with Crippen molar-refractivity contribution in [3.05, 3.63) is 255 Å². The molecule has 0 aliphatic heterocycles. The number of nitrogens with zero attached hydrogens (tertiary/aromatic N) is 2. The van der Waals surface area contributed by atoms with Crippen LogP contribution in [0.15, 0.2) is 255 Å². The van der Waals surface area contributed by atoms with Gasteiger partial charge in [0, 0.05) is 36.9 Å². The summed E-state index contributed by atoms with van der Waals surface area (Å²) in [5, 5.41) is 12.6. The monoisotopic (exact) mass is 918 g/mol. The molecule has 0 fully saturated rings. The van der Waals surface area contributed by atoms with E-state index in [1.165, 1.54) is 102 Å². The van der Waals surface area contributed by atoms with Gasteiger partial charge in [0.2, 0.25) is 0 Å². The molecule has 0 bridgehead atoms. The molecule has 0 aliphatic rings. The van der Waals surface area contributed by atoms with Gasteiger partial charge in [-0.25, -0.2) is 9.97 Å². The molecule has 330 valence electrons. The minimum absolute atomic E-state index is 0.705. The quantitative estimate of drug-likeness (QED) is 0.118. The Morgan fingerprint density at radius 3 is 1.51 bits per heavy atom. The summed E-state index contributed by atoms with van der Waals surface area (Å²) < 4.78 is 2.63. The maximum Gasteiger partial charge on any atom is 0.160 e. The first-order valence-corrected chi connectivity index (χ1v) is 25.0. The lowest BCUT2D eigenvalue weighted by Gasteiger charge is -2.19. The molecule has 0 N–H and O–H groups in total. The third kappa shape index (κ3) is 7.09. The van der Waals surface area contributed by atoms with Crippen LogP contribution in [0, 0.1) is 0 Å². The van der Waals surface area contributed by atoms with Gasteiger partial charge in [0.05, 0.1) is 11.4 Å². The van der Waals surface area contributed by atoms with Crippen LogP contribution < -0.4 is 0 Å². The summed E-state index contributed by atoms with van der Waals surface area (Å²) in [5.74, 6) is 0.705. The van der Waals surface area contributed by atoms with E-state index in [0.29, 0.717) is 5.82 Å². The summed E-state index contributed by atoms with van der Waals surface area (Å²) in [6.45, 7) is 0. The topological polar surface area (TPSA) is 25.8 Å². The summed E-state index contributed by atoms with van der Waals surface area (Å²) in [7, 11) is 0. The summed E-state index contributed by atoms with van der Waals surface area (Å²) >= 11 is 1.86. The van der Waals surface area contributed by atoms with Gasteiger partial charge in [0.1, 0.15) is 0 Å². The van der Waals surface area contributed by atoms with E-state index >= 15 is 0 Å². The minimum atomic E-state index is 0.705. The fourth-order valence-corrected chi connectivity index (χ4v) is 12.1. The summed E-state index contributed by atoms with van der Waals surface area (Å²) in [6, 6.07) is 92.4. The highest BCUT2D eigenvalue weighted by molar-refractivity contribution is 7.26. The normalized spacial score (nSPS) is 11.7. The third-order valence-electron chi connectivity index (χ3n) is 14.3. The highest BCUT2D eigenvalue weighted by Crippen LogP contribution is 2.47. The summed E-state index contributed by atoms with van der Waals surface area (Å²) in [5.41, 5.74) is 14.6. The lowest BCUT2D eigenvalue weighted by atomic mass is 9.83. The SMILES string of the molecule is c1ccc(-c2nc(-c3ccc(-c4ccc5cc(-c6c7ccccc7c(-c7ccccc7)c7ccc8ccccc8c67)ccc5c4)cc3)cc(-c3ccc(-c4cccc5c4sc4ccccc45)cc3)n2)cc1. The van der Waals surface area contributed by atoms with E-state index in [-0.39, 0.29) is 0 Å². The van der Waals surface area contributed by atoms with Crippen molar-refractivity contribution in [2.45, 2.75) is 0 Å². The molecular formula is C68H42N2S. The zero-order valence-electron chi connectivity index (χ0n) is 38.6. The van der Waals surface area contributed by atoms with Crippen molar-refractivity contribution in [2.75, 3.05) is 0 Å². The number of hydrogen-bond acceptors (Lipinski definition) is 3. The molecule has 2 heterocycles. The number of aromatic nitrogens is 2. The lowest BCUT2D eigenvalue weighted by molar-refractivity contribution is 1.18. The van der Waals surface area contributed by atoms with Crippen LogP contribution in [0.5, 0.6) is 0 Å². The molecule has 0 aliphatic carbocycles. The van der Waals surface area contributed by atoms with Gasteiger partial charge in [-0.05, 0) is 112 Å². The maximum atomic E-state index is 5.16. The number of fused-ring (bicyclic) bond motifs is 8. The zero-order valence-corrected chi connectivity index (χ0v) is 39.4. The molecule has 3 heteroatoms. The van der Waals surface area contributed by atoms with Crippen molar-refractivity contribution >= 4 is 74.6 Å². The van der Waals surface area contributed by atoms with E-state index in [2.05, 4.69) is 237 Å². The smallest absolute Gasteiger partial charge is 0.160 e. The first-order chi connectivity index (χ1) is 35.2. The predicted octanol–water partition coefficient (Wildman–Crippen LogP) is 19.1. The van der Waals surface area contributed by atoms with Crippen molar-refractivity contribution in [2.24, 2.45) is 0 Å². The fraction of sp³-hybridized carbons (Fsp3) is 0. The molecule has 2 aromatic heterocycles. The van der Waals surface area contributed by atoms with Gasteiger partial charge in [0.25, 0.3) is 0 Å². The number of benzene rings is 12. The Hall–Kier alpha value is -9.02. The van der Waals surface area contributed by atoms with Crippen LogP contribution in [-0.4, -0.2) is 9.97 Å². The van der Waals surface area contributed by atoms with Gasteiger partial charge in [-0.1, -0.05) is 231 Å². The number of thiophene rings is 1. The first kappa shape index (κ1) is 41.0. The third-order valence-corrected chi connectivity index (χ3v) is 15.5. The molecule has 0 unspecified atom stereocenters. The van der Waals surface area contributed by atoms with Crippen molar-refractivity contribution in [1.29, 1.82) is 0 Å². The molecule has 0 spiro atoms. The molecule has 0 radical (unpaired) electrons. The van der Waals surface area contributed by atoms with Crippen molar-refractivity contribution in [1.82, 2.24) is 9.97 Å². The van der Waals surface area contributed by atoms with Crippen LogP contribution in [0.1, 0.15) is 0 Å².